The van der Waals surface area contributed by atoms with Crippen LogP contribution in [0.15, 0.2) is 48.8 Å². The van der Waals surface area contributed by atoms with Gasteiger partial charge in [-0.15, -0.1) is 0 Å². The van der Waals surface area contributed by atoms with Crippen LogP contribution in [-0.4, -0.2) is 47.0 Å². The van der Waals surface area contributed by atoms with Crippen molar-refractivity contribution in [1.82, 2.24) is 14.9 Å². The predicted molar refractivity (Wildman–Crippen MR) is 112 cm³/mol. The molecule has 3 heterocycles. The van der Waals surface area contributed by atoms with E-state index in [4.69, 9.17) is 17.3 Å². The van der Waals surface area contributed by atoms with Crippen LogP contribution in [-0.2, 0) is 0 Å². The summed E-state index contributed by atoms with van der Waals surface area (Å²) in [5, 5.41) is 1.57. The highest BCUT2D eigenvalue weighted by molar-refractivity contribution is 6.36. The molecule has 3 aromatic rings. The zero-order valence-electron chi connectivity index (χ0n) is 15.7. The number of carbonyl (C=O) groups excluding carboxylic acids is 1. The molecule has 1 unspecified atom stereocenters. The molecule has 1 aliphatic heterocycles. The molecule has 7 heteroatoms. The van der Waals surface area contributed by atoms with E-state index in [2.05, 4.69) is 14.9 Å². The van der Waals surface area contributed by atoms with Gasteiger partial charge in [0.25, 0.3) is 5.91 Å². The second-order valence-corrected chi connectivity index (χ2v) is 7.39. The number of halogens is 1. The molecule has 28 heavy (non-hydrogen) atoms. The fourth-order valence-corrected chi connectivity index (χ4v) is 3.94. The van der Waals surface area contributed by atoms with Crippen molar-refractivity contribution in [2.24, 2.45) is 5.73 Å². The molecule has 4 rings (SSSR count). The fraction of sp³-hybridized carbons (Fsp3) is 0.286. The molecule has 0 aliphatic carbocycles. The number of amides is 1. The number of nitrogens with two attached hydrogens (primary N) is 1. The Morgan fingerprint density at radius 1 is 1.11 bits per heavy atom. The summed E-state index contributed by atoms with van der Waals surface area (Å²) in [5.41, 5.74) is 9.56. The first kappa shape index (κ1) is 18.7. The molecule has 144 valence electrons. The van der Waals surface area contributed by atoms with Gasteiger partial charge in [-0.05, 0) is 42.8 Å². The molecule has 0 radical (unpaired) electrons. The lowest BCUT2D eigenvalue weighted by molar-refractivity contribution is 0.0741. The average Bonchev–Trinajstić information content (AvgIpc) is 2.74. The monoisotopic (exact) mass is 395 g/mol. The van der Waals surface area contributed by atoms with E-state index in [1.165, 1.54) is 0 Å². The number of hydrogen-bond acceptors (Lipinski definition) is 5. The van der Waals surface area contributed by atoms with Gasteiger partial charge in [-0.25, -0.2) is 0 Å². The van der Waals surface area contributed by atoms with Gasteiger partial charge in [0, 0.05) is 50.0 Å². The number of pyridine rings is 2. The van der Waals surface area contributed by atoms with Crippen molar-refractivity contribution in [3.8, 4) is 0 Å². The van der Waals surface area contributed by atoms with Crippen molar-refractivity contribution in [3.05, 3.63) is 65.1 Å². The molecular formula is C21H22ClN5O. The van der Waals surface area contributed by atoms with E-state index in [0.29, 0.717) is 36.9 Å². The number of anilines is 1. The average molecular weight is 396 g/mol. The number of carbonyl (C=O) groups is 1. The second kappa shape index (κ2) is 7.73. The van der Waals surface area contributed by atoms with Crippen molar-refractivity contribution in [2.45, 2.75) is 13.0 Å². The highest BCUT2D eigenvalue weighted by Gasteiger charge is 2.26. The van der Waals surface area contributed by atoms with Crippen molar-refractivity contribution >= 4 is 34.1 Å². The molecule has 1 saturated heterocycles. The Hall–Kier alpha value is -2.70. The first-order valence-corrected chi connectivity index (χ1v) is 9.72. The van der Waals surface area contributed by atoms with Crippen LogP contribution in [0.2, 0.25) is 5.02 Å². The molecule has 1 amide bonds. The van der Waals surface area contributed by atoms with Gasteiger partial charge in [0.1, 0.15) is 5.69 Å². The lowest BCUT2D eigenvalue weighted by Gasteiger charge is -2.37. The van der Waals surface area contributed by atoms with Crippen molar-refractivity contribution < 1.29 is 4.79 Å². The van der Waals surface area contributed by atoms with Crippen LogP contribution < -0.4 is 10.6 Å². The Kier molecular flexibility index (Phi) is 5.15. The molecule has 2 N–H and O–H groups in total. The third-order valence-corrected chi connectivity index (χ3v) is 5.42. The van der Waals surface area contributed by atoms with E-state index in [1.807, 2.05) is 42.2 Å². The van der Waals surface area contributed by atoms with Crippen LogP contribution in [0.4, 0.5) is 5.69 Å². The topological polar surface area (TPSA) is 75.3 Å². The van der Waals surface area contributed by atoms with E-state index < -0.39 is 0 Å². The van der Waals surface area contributed by atoms with Gasteiger partial charge in [0.2, 0.25) is 0 Å². The Morgan fingerprint density at radius 3 is 2.54 bits per heavy atom. The van der Waals surface area contributed by atoms with E-state index in [-0.39, 0.29) is 11.9 Å². The predicted octanol–water partition coefficient (Wildman–Crippen LogP) is 3.27. The molecule has 0 bridgehead atoms. The number of aromatic nitrogens is 2. The van der Waals surface area contributed by atoms with E-state index in [0.717, 1.165) is 22.2 Å². The van der Waals surface area contributed by atoms with E-state index in [9.17, 15) is 4.79 Å². The number of piperazine rings is 1. The number of benzene rings is 1. The smallest absolute Gasteiger partial charge is 0.272 e. The van der Waals surface area contributed by atoms with E-state index >= 15 is 0 Å². The van der Waals surface area contributed by atoms with Gasteiger partial charge in [-0.2, -0.15) is 0 Å². The Morgan fingerprint density at radius 2 is 1.86 bits per heavy atom. The maximum absolute atomic E-state index is 12.7. The van der Waals surface area contributed by atoms with Crippen LogP contribution in [0.5, 0.6) is 0 Å². The third-order valence-electron chi connectivity index (χ3n) is 5.10. The zero-order valence-corrected chi connectivity index (χ0v) is 16.4. The first-order valence-electron chi connectivity index (χ1n) is 9.34. The summed E-state index contributed by atoms with van der Waals surface area (Å²) in [5.74, 6) is -0.0354. The van der Waals surface area contributed by atoms with Gasteiger partial charge in [0.15, 0.2) is 0 Å². The zero-order chi connectivity index (χ0) is 19.7. The highest BCUT2D eigenvalue weighted by atomic mass is 35.5. The van der Waals surface area contributed by atoms with Crippen LogP contribution in [0.3, 0.4) is 0 Å². The summed E-state index contributed by atoms with van der Waals surface area (Å²) in [6.45, 7) is 4.58. The summed E-state index contributed by atoms with van der Waals surface area (Å²) in [6, 6.07) is 11.0. The van der Waals surface area contributed by atoms with E-state index in [1.54, 1.807) is 18.5 Å². The summed E-state index contributed by atoms with van der Waals surface area (Å²) in [6.07, 6.45) is 3.41. The summed E-state index contributed by atoms with van der Waals surface area (Å²) < 4.78 is 0. The van der Waals surface area contributed by atoms with Gasteiger partial charge >= 0.3 is 0 Å². The molecule has 1 aromatic carbocycles. The van der Waals surface area contributed by atoms with Crippen LogP contribution in [0.25, 0.3) is 10.9 Å². The van der Waals surface area contributed by atoms with Crippen LogP contribution in [0.1, 0.15) is 29.0 Å². The Balaban J connectivity index is 1.63. The number of nitrogens with zero attached hydrogens (tertiary/aromatic N) is 4. The minimum atomic E-state index is -0.174. The van der Waals surface area contributed by atoms with Gasteiger partial charge in [-0.3, -0.25) is 14.8 Å². The summed E-state index contributed by atoms with van der Waals surface area (Å²) >= 11 is 6.48. The largest absolute Gasteiger partial charge is 0.366 e. The molecular weight excluding hydrogens is 374 g/mol. The van der Waals surface area contributed by atoms with Gasteiger partial charge < -0.3 is 15.5 Å². The minimum absolute atomic E-state index is 0.0354. The number of hydrogen-bond donors (Lipinski definition) is 1. The SMILES string of the molecule is CC(N)c1cc(Cl)c2cccnc2c1N1CCN(C(=O)c2ccccn2)CC1. The van der Waals surface area contributed by atoms with Crippen molar-refractivity contribution in [1.29, 1.82) is 0 Å². The van der Waals surface area contributed by atoms with Gasteiger partial charge in [-0.1, -0.05) is 17.7 Å². The third kappa shape index (κ3) is 3.41. The quantitative estimate of drug-likeness (QED) is 0.736. The molecule has 0 spiro atoms. The molecule has 6 nitrogen and oxygen atoms in total. The van der Waals surface area contributed by atoms with Crippen LogP contribution >= 0.6 is 11.6 Å². The van der Waals surface area contributed by atoms with Gasteiger partial charge in [0.05, 0.1) is 16.2 Å². The summed E-state index contributed by atoms with van der Waals surface area (Å²) in [4.78, 5) is 25.5. The summed E-state index contributed by atoms with van der Waals surface area (Å²) in [7, 11) is 0. The minimum Gasteiger partial charge on any atom is -0.366 e. The molecule has 1 fully saturated rings. The first-order chi connectivity index (χ1) is 13.6. The maximum Gasteiger partial charge on any atom is 0.272 e. The van der Waals surface area contributed by atoms with Crippen molar-refractivity contribution in [2.75, 3.05) is 31.1 Å². The fourth-order valence-electron chi connectivity index (χ4n) is 3.67. The lowest BCUT2D eigenvalue weighted by Crippen LogP contribution is -2.49. The molecule has 0 saturated carbocycles. The molecule has 1 aliphatic rings. The normalized spacial score (nSPS) is 15.7. The maximum atomic E-state index is 12.7. The van der Waals surface area contributed by atoms with Crippen LogP contribution in [0, 0.1) is 0 Å². The number of rotatable bonds is 3. The van der Waals surface area contributed by atoms with Crippen molar-refractivity contribution in [3.63, 3.8) is 0 Å². The molecule has 1 atom stereocenters. The standard InChI is InChI=1S/C21H22ClN5O/c1-14(23)16-13-17(22)15-5-4-8-25-19(15)20(16)26-9-11-27(12-10-26)21(28)18-6-2-3-7-24-18/h2-8,13-14H,9-12,23H2,1H3. The lowest BCUT2D eigenvalue weighted by atomic mass is 10.0. The Bertz CT molecular complexity index is 1000. The number of fused-ring (bicyclic) bond motifs is 1. The highest BCUT2D eigenvalue weighted by Crippen LogP contribution is 2.37. The molecule has 2 aromatic heterocycles. The Labute approximate surface area is 168 Å². The second-order valence-electron chi connectivity index (χ2n) is 6.98.